The minimum atomic E-state index is 0.432. The largest absolute Gasteiger partial charge is 0.496 e. The molecule has 1 saturated carbocycles. The van der Waals surface area contributed by atoms with Gasteiger partial charge in [0.25, 0.3) is 0 Å². The normalized spacial score (nSPS) is 21.8. The van der Waals surface area contributed by atoms with E-state index in [1.165, 1.54) is 24.0 Å². The van der Waals surface area contributed by atoms with Gasteiger partial charge in [-0.15, -0.1) is 0 Å². The first-order valence-corrected chi connectivity index (χ1v) is 5.23. The van der Waals surface area contributed by atoms with Crippen LogP contribution in [-0.2, 0) is 13.0 Å². The Balaban J connectivity index is 2.04. The highest BCUT2D eigenvalue weighted by Gasteiger charge is 2.45. The molecule has 0 unspecified atom stereocenters. The number of methoxy groups -OCH3 is 1. The maximum Gasteiger partial charge on any atom is 0.122 e. The third kappa shape index (κ3) is 1.14. The van der Waals surface area contributed by atoms with Crippen molar-refractivity contribution in [2.75, 3.05) is 7.11 Å². The van der Waals surface area contributed by atoms with Gasteiger partial charge in [-0.1, -0.05) is 12.1 Å². The van der Waals surface area contributed by atoms with Crippen LogP contribution in [0.1, 0.15) is 24.0 Å². The van der Waals surface area contributed by atoms with E-state index in [4.69, 9.17) is 4.74 Å². The van der Waals surface area contributed by atoms with Gasteiger partial charge in [-0.25, -0.2) is 0 Å². The number of ether oxygens (including phenoxy) is 1. The highest BCUT2D eigenvalue weighted by atomic mass is 16.5. The topological polar surface area (TPSA) is 21.3 Å². The molecular formula is C12H15NO. The molecule has 1 spiro atoms. The van der Waals surface area contributed by atoms with E-state index in [1.54, 1.807) is 7.11 Å². The van der Waals surface area contributed by atoms with E-state index in [1.807, 2.05) is 0 Å². The summed E-state index contributed by atoms with van der Waals surface area (Å²) in [6.07, 6.45) is 3.79. The van der Waals surface area contributed by atoms with Crippen LogP contribution in [0.5, 0.6) is 5.75 Å². The number of hydrogen-bond acceptors (Lipinski definition) is 2. The molecule has 0 radical (unpaired) electrons. The van der Waals surface area contributed by atoms with Crippen molar-refractivity contribution >= 4 is 0 Å². The van der Waals surface area contributed by atoms with Crippen molar-refractivity contribution < 1.29 is 4.74 Å². The molecule has 0 saturated heterocycles. The molecule has 1 aliphatic carbocycles. The summed E-state index contributed by atoms with van der Waals surface area (Å²) in [4.78, 5) is 0. The van der Waals surface area contributed by atoms with Gasteiger partial charge in [0.15, 0.2) is 0 Å². The first-order valence-electron chi connectivity index (χ1n) is 5.23. The zero-order valence-corrected chi connectivity index (χ0v) is 8.47. The van der Waals surface area contributed by atoms with E-state index < -0.39 is 0 Å². The van der Waals surface area contributed by atoms with Gasteiger partial charge in [0.1, 0.15) is 5.75 Å². The molecule has 14 heavy (non-hydrogen) atoms. The standard InChI is InChI=1S/C12H15NO/c1-14-11-4-2-3-9-8-13-12(5-6-12)7-10(9)11/h2-4,13H,5-8H2,1H3. The van der Waals surface area contributed by atoms with Gasteiger partial charge >= 0.3 is 0 Å². The number of benzene rings is 1. The fourth-order valence-electron chi connectivity index (χ4n) is 2.36. The Hall–Kier alpha value is -1.02. The van der Waals surface area contributed by atoms with Crippen LogP contribution in [0, 0.1) is 0 Å². The second-order valence-corrected chi connectivity index (χ2v) is 4.41. The van der Waals surface area contributed by atoms with Crippen molar-refractivity contribution in [1.82, 2.24) is 5.32 Å². The second-order valence-electron chi connectivity index (χ2n) is 4.41. The molecule has 74 valence electrons. The lowest BCUT2D eigenvalue weighted by atomic mass is 9.93. The van der Waals surface area contributed by atoms with Gasteiger partial charge in [0.05, 0.1) is 7.11 Å². The van der Waals surface area contributed by atoms with Gasteiger partial charge in [0.2, 0.25) is 0 Å². The predicted octanol–water partition coefficient (Wildman–Crippen LogP) is 1.87. The highest BCUT2D eigenvalue weighted by molar-refractivity contribution is 5.44. The lowest BCUT2D eigenvalue weighted by Crippen LogP contribution is -2.37. The third-order valence-corrected chi connectivity index (χ3v) is 3.47. The summed E-state index contributed by atoms with van der Waals surface area (Å²) >= 11 is 0. The Morgan fingerprint density at radius 3 is 2.93 bits per heavy atom. The molecule has 1 heterocycles. The van der Waals surface area contributed by atoms with Gasteiger partial charge in [-0.3, -0.25) is 0 Å². The Morgan fingerprint density at radius 2 is 2.21 bits per heavy atom. The average molecular weight is 189 g/mol. The maximum atomic E-state index is 5.41. The summed E-state index contributed by atoms with van der Waals surface area (Å²) < 4.78 is 5.41. The van der Waals surface area contributed by atoms with Crippen LogP contribution in [0.2, 0.25) is 0 Å². The molecule has 2 aliphatic rings. The Morgan fingerprint density at radius 1 is 1.36 bits per heavy atom. The van der Waals surface area contributed by atoms with Crippen LogP contribution >= 0.6 is 0 Å². The average Bonchev–Trinajstić information content (AvgIpc) is 2.97. The summed E-state index contributed by atoms with van der Waals surface area (Å²) in [5.41, 5.74) is 3.26. The van der Waals surface area contributed by atoms with Gasteiger partial charge in [-0.05, 0) is 30.9 Å². The van der Waals surface area contributed by atoms with Crippen molar-refractivity contribution in [2.45, 2.75) is 31.3 Å². The molecule has 1 aliphatic heterocycles. The summed E-state index contributed by atoms with van der Waals surface area (Å²) in [6, 6.07) is 6.34. The summed E-state index contributed by atoms with van der Waals surface area (Å²) in [5, 5.41) is 3.62. The SMILES string of the molecule is COc1cccc2c1CC1(CC1)NC2. The molecule has 3 rings (SSSR count). The smallest absolute Gasteiger partial charge is 0.122 e. The lowest BCUT2D eigenvalue weighted by Gasteiger charge is -2.27. The zero-order valence-electron chi connectivity index (χ0n) is 8.47. The molecule has 0 atom stereocenters. The minimum absolute atomic E-state index is 0.432. The van der Waals surface area contributed by atoms with E-state index >= 15 is 0 Å². The fourth-order valence-corrected chi connectivity index (χ4v) is 2.36. The lowest BCUT2D eigenvalue weighted by molar-refractivity contribution is 0.392. The van der Waals surface area contributed by atoms with Crippen LogP contribution in [0.3, 0.4) is 0 Å². The number of nitrogens with one attached hydrogen (secondary N) is 1. The molecule has 0 aromatic heterocycles. The number of rotatable bonds is 1. The van der Waals surface area contributed by atoms with Gasteiger partial charge in [-0.2, -0.15) is 0 Å². The Labute approximate surface area is 84.3 Å². The Kier molecular flexibility index (Phi) is 1.62. The molecule has 2 heteroatoms. The van der Waals surface area contributed by atoms with Gasteiger partial charge < -0.3 is 10.1 Å². The summed E-state index contributed by atoms with van der Waals surface area (Å²) in [5.74, 6) is 1.07. The van der Waals surface area contributed by atoms with Crippen molar-refractivity contribution in [3.63, 3.8) is 0 Å². The van der Waals surface area contributed by atoms with Crippen molar-refractivity contribution in [2.24, 2.45) is 0 Å². The van der Waals surface area contributed by atoms with Crippen LogP contribution in [-0.4, -0.2) is 12.6 Å². The van der Waals surface area contributed by atoms with Crippen molar-refractivity contribution in [3.8, 4) is 5.75 Å². The van der Waals surface area contributed by atoms with Crippen molar-refractivity contribution in [1.29, 1.82) is 0 Å². The summed E-state index contributed by atoms with van der Waals surface area (Å²) in [7, 11) is 1.76. The zero-order chi connectivity index (χ0) is 9.60. The van der Waals surface area contributed by atoms with Crippen LogP contribution in [0.15, 0.2) is 18.2 Å². The quantitative estimate of drug-likeness (QED) is 0.728. The molecule has 1 fully saturated rings. The third-order valence-electron chi connectivity index (χ3n) is 3.47. The fraction of sp³-hybridized carbons (Fsp3) is 0.500. The molecule has 1 aromatic rings. The Bertz CT molecular complexity index is 354. The number of fused-ring (bicyclic) bond motifs is 1. The van der Waals surface area contributed by atoms with E-state index in [-0.39, 0.29) is 0 Å². The van der Waals surface area contributed by atoms with E-state index in [9.17, 15) is 0 Å². The van der Waals surface area contributed by atoms with E-state index in [2.05, 4.69) is 23.5 Å². The predicted molar refractivity (Wildman–Crippen MR) is 55.5 cm³/mol. The minimum Gasteiger partial charge on any atom is -0.496 e. The molecule has 0 bridgehead atoms. The molecule has 1 aromatic carbocycles. The van der Waals surface area contributed by atoms with Gasteiger partial charge in [0, 0.05) is 17.6 Å². The van der Waals surface area contributed by atoms with Crippen LogP contribution in [0.4, 0.5) is 0 Å². The highest BCUT2D eigenvalue weighted by Crippen LogP contribution is 2.44. The first-order chi connectivity index (χ1) is 6.83. The first kappa shape index (κ1) is 8.30. The van der Waals surface area contributed by atoms with Crippen LogP contribution < -0.4 is 10.1 Å². The van der Waals surface area contributed by atoms with Crippen LogP contribution in [0.25, 0.3) is 0 Å². The van der Waals surface area contributed by atoms with Crippen molar-refractivity contribution in [3.05, 3.63) is 29.3 Å². The second kappa shape index (κ2) is 2.74. The number of hydrogen-bond donors (Lipinski definition) is 1. The summed E-state index contributed by atoms with van der Waals surface area (Å²) in [6.45, 7) is 1.01. The van der Waals surface area contributed by atoms with E-state index in [0.717, 1.165) is 18.7 Å². The van der Waals surface area contributed by atoms with E-state index in [0.29, 0.717) is 5.54 Å². The monoisotopic (exact) mass is 189 g/mol. The molecule has 2 nitrogen and oxygen atoms in total. The molecule has 0 amide bonds. The maximum absolute atomic E-state index is 5.41. The molecule has 1 N–H and O–H groups in total. The molecular weight excluding hydrogens is 174 g/mol.